The van der Waals surface area contributed by atoms with E-state index >= 15 is 0 Å². The van der Waals surface area contributed by atoms with Gasteiger partial charge in [-0.15, -0.1) is 0 Å². The van der Waals surface area contributed by atoms with Crippen molar-refractivity contribution in [2.75, 3.05) is 20.1 Å². The molecule has 2 atom stereocenters. The van der Waals surface area contributed by atoms with Gasteiger partial charge in [-0.3, -0.25) is 4.90 Å². The van der Waals surface area contributed by atoms with E-state index in [1.54, 1.807) is 0 Å². The highest BCUT2D eigenvalue weighted by molar-refractivity contribution is 7.91. The molecule has 0 aliphatic carbocycles. The standard InChI is InChI=1S/C10H16ClN3O2S2/c1-7-5-14(6-8(2)13(7)3)18(15,16)9-4-12-10(11)17-9/h4,7-8H,5-6H2,1-3H3. The van der Waals surface area contributed by atoms with Crippen molar-refractivity contribution in [1.29, 1.82) is 0 Å². The summed E-state index contributed by atoms with van der Waals surface area (Å²) in [5.74, 6) is 0. The average molecular weight is 310 g/mol. The van der Waals surface area contributed by atoms with Crippen LogP contribution in [0.3, 0.4) is 0 Å². The highest BCUT2D eigenvalue weighted by Crippen LogP contribution is 2.27. The summed E-state index contributed by atoms with van der Waals surface area (Å²) < 4.78 is 26.8. The Morgan fingerprint density at radius 2 is 1.94 bits per heavy atom. The lowest BCUT2D eigenvalue weighted by atomic mass is 10.1. The number of sulfonamides is 1. The van der Waals surface area contributed by atoms with Gasteiger partial charge in [0.2, 0.25) is 0 Å². The molecule has 0 spiro atoms. The van der Waals surface area contributed by atoms with E-state index in [-0.39, 0.29) is 20.8 Å². The van der Waals surface area contributed by atoms with Gasteiger partial charge in [-0.25, -0.2) is 13.4 Å². The van der Waals surface area contributed by atoms with Gasteiger partial charge in [0.25, 0.3) is 10.0 Å². The minimum atomic E-state index is -3.45. The van der Waals surface area contributed by atoms with E-state index in [1.165, 1.54) is 10.5 Å². The van der Waals surface area contributed by atoms with Crippen LogP contribution in [0.5, 0.6) is 0 Å². The van der Waals surface area contributed by atoms with Gasteiger partial charge >= 0.3 is 0 Å². The molecule has 102 valence electrons. The van der Waals surface area contributed by atoms with E-state index in [1.807, 2.05) is 20.9 Å². The van der Waals surface area contributed by atoms with Crippen LogP contribution >= 0.6 is 22.9 Å². The lowest BCUT2D eigenvalue weighted by Gasteiger charge is -2.41. The summed E-state index contributed by atoms with van der Waals surface area (Å²) in [7, 11) is -1.44. The van der Waals surface area contributed by atoms with Crippen LogP contribution in [0.4, 0.5) is 0 Å². The van der Waals surface area contributed by atoms with Gasteiger partial charge in [-0.1, -0.05) is 22.9 Å². The first-order valence-corrected chi connectivity index (χ1v) is 8.29. The number of likely N-dealkylation sites (N-methyl/N-ethyl adjacent to an activating group) is 1. The molecule has 1 aromatic heterocycles. The molecule has 2 rings (SSSR count). The van der Waals surface area contributed by atoms with Gasteiger partial charge in [0.05, 0.1) is 6.20 Å². The summed E-state index contributed by atoms with van der Waals surface area (Å²) >= 11 is 6.70. The van der Waals surface area contributed by atoms with Gasteiger partial charge in [0.15, 0.2) is 8.68 Å². The van der Waals surface area contributed by atoms with Crippen molar-refractivity contribution < 1.29 is 8.42 Å². The number of aromatic nitrogens is 1. The Balaban J connectivity index is 2.26. The topological polar surface area (TPSA) is 53.5 Å². The van der Waals surface area contributed by atoms with Gasteiger partial charge in [0, 0.05) is 25.2 Å². The predicted octanol–water partition coefficient (Wildman–Crippen LogP) is 1.51. The summed E-state index contributed by atoms with van der Waals surface area (Å²) in [6, 6.07) is 0.402. The first-order valence-electron chi connectivity index (χ1n) is 5.66. The van der Waals surface area contributed by atoms with Gasteiger partial charge < -0.3 is 0 Å². The molecule has 1 aliphatic heterocycles. The summed E-state index contributed by atoms with van der Waals surface area (Å²) in [6.45, 7) is 5.05. The minimum absolute atomic E-state index is 0.201. The molecule has 0 amide bonds. The molecule has 8 heteroatoms. The Hall–Kier alpha value is -0.210. The monoisotopic (exact) mass is 309 g/mol. The van der Waals surface area contributed by atoms with E-state index in [0.29, 0.717) is 13.1 Å². The Morgan fingerprint density at radius 1 is 1.39 bits per heavy atom. The second-order valence-electron chi connectivity index (χ2n) is 4.62. The molecule has 18 heavy (non-hydrogen) atoms. The van der Waals surface area contributed by atoms with E-state index < -0.39 is 10.0 Å². The first-order chi connectivity index (χ1) is 8.32. The third-order valence-corrected chi connectivity index (χ3v) is 6.76. The molecule has 1 saturated heterocycles. The zero-order valence-electron chi connectivity index (χ0n) is 10.5. The molecule has 0 bridgehead atoms. The highest BCUT2D eigenvalue weighted by atomic mass is 35.5. The molecule has 1 fully saturated rings. The fourth-order valence-corrected chi connectivity index (χ4v) is 5.09. The second kappa shape index (κ2) is 5.05. The average Bonchev–Trinajstić information content (AvgIpc) is 2.72. The largest absolute Gasteiger partial charge is 0.298 e. The van der Waals surface area contributed by atoms with Crippen molar-refractivity contribution in [3.05, 3.63) is 10.7 Å². The smallest absolute Gasteiger partial charge is 0.254 e. The van der Waals surface area contributed by atoms with Gasteiger partial charge in [-0.05, 0) is 20.9 Å². The zero-order chi connectivity index (χ0) is 13.5. The van der Waals surface area contributed by atoms with Crippen LogP contribution in [0.2, 0.25) is 4.47 Å². The molecule has 1 aromatic rings. The lowest BCUT2D eigenvalue weighted by Crippen LogP contribution is -2.56. The summed E-state index contributed by atoms with van der Waals surface area (Å²) in [5, 5.41) is 0. The van der Waals surface area contributed by atoms with Crippen molar-refractivity contribution >= 4 is 33.0 Å². The van der Waals surface area contributed by atoms with Crippen LogP contribution in [-0.4, -0.2) is 54.8 Å². The van der Waals surface area contributed by atoms with Crippen molar-refractivity contribution in [1.82, 2.24) is 14.2 Å². The van der Waals surface area contributed by atoms with Crippen LogP contribution in [-0.2, 0) is 10.0 Å². The first kappa shape index (κ1) is 14.2. The second-order valence-corrected chi connectivity index (χ2v) is 8.40. The molecule has 5 nitrogen and oxygen atoms in total. The van der Waals surface area contributed by atoms with E-state index in [9.17, 15) is 8.42 Å². The Morgan fingerprint density at radius 3 is 2.39 bits per heavy atom. The third-order valence-electron chi connectivity index (χ3n) is 3.38. The van der Waals surface area contributed by atoms with E-state index in [2.05, 4.69) is 9.88 Å². The zero-order valence-corrected chi connectivity index (χ0v) is 12.9. The van der Waals surface area contributed by atoms with Gasteiger partial charge in [0.1, 0.15) is 0 Å². The number of nitrogens with zero attached hydrogens (tertiary/aromatic N) is 3. The van der Waals surface area contributed by atoms with Crippen molar-refractivity contribution in [3.8, 4) is 0 Å². The quantitative estimate of drug-likeness (QED) is 0.831. The van der Waals surface area contributed by atoms with E-state index in [0.717, 1.165) is 11.3 Å². The molecule has 0 radical (unpaired) electrons. The fraction of sp³-hybridized carbons (Fsp3) is 0.700. The predicted molar refractivity (Wildman–Crippen MR) is 72.6 cm³/mol. The van der Waals surface area contributed by atoms with Gasteiger partial charge in [-0.2, -0.15) is 4.31 Å². The van der Waals surface area contributed by atoms with Crippen LogP contribution in [0.15, 0.2) is 10.4 Å². The van der Waals surface area contributed by atoms with Crippen LogP contribution < -0.4 is 0 Å². The number of piperazine rings is 1. The normalized spacial score (nSPS) is 27.6. The summed E-state index contributed by atoms with van der Waals surface area (Å²) in [5.41, 5.74) is 0. The van der Waals surface area contributed by atoms with E-state index in [4.69, 9.17) is 11.6 Å². The lowest BCUT2D eigenvalue weighted by molar-refractivity contribution is 0.105. The molecule has 0 N–H and O–H groups in total. The van der Waals surface area contributed by atoms with Crippen molar-refractivity contribution in [2.45, 2.75) is 30.1 Å². The molecule has 2 heterocycles. The Bertz CT molecular complexity index is 519. The Kier molecular flexibility index (Phi) is 3.99. The van der Waals surface area contributed by atoms with Crippen LogP contribution in [0.25, 0.3) is 0 Å². The van der Waals surface area contributed by atoms with Crippen molar-refractivity contribution in [2.24, 2.45) is 0 Å². The maximum Gasteiger partial charge on any atom is 0.254 e. The molecule has 0 aromatic carbocycles. The fourth-order valence-electron chi connectivity index (χ4n) is 2.04. The molecule has 0 saturated carbocycles. The SMILES string of the molecule is CC1CN(S(=O)(=O)c2cnc(Cl)s2)CC(C)N1C. The number of thiazole rings is 1. The molecule has 2 unspecified atom stereocenters. The number of halogens is 1. The van der Waals surface area contributed by atoms with Crippen LogP contribution in [0, 0.1) is 0 Å². The summed E-state index contributed by atoms with van der Waals surface area (Å²) in [6.07, 6.45) is 1.33. The maximum atomic E-state index is 12.4. The minimum Gasteiger partial charge on any atom is -0.298 e. The number of hydrogen-bond acceptors (Lipinski definition) is 5. The summed E-state index contributed by atoms with van der Waals surface area (Å²) in [4.78, 5) is 5.98. The number of hydrogen-bond donors (Lipinski definition) is 0. The maximum absolute atomic E-state index is 12.4. The molecule has 1 aliphatic rings. The third kappa shape index (κ3) is 2.55. The highest BCUT2D eigenvalue weighted by Gasteiger charge is 2.35. The molecular formula is C10H16ClN3O2S2. The Labute approximate surface area is 116 Å². The van der Waals surface area contributed by atoms with Crippen molar-refractivity contribution in [3.63, 3.8) is 0 Å². The molecular weight excluding hydrogens is 294 g/mol. The number of rotatable bonds is 2. The van der Waals surface area contributed by atoms with Crippen LogP contribution in [0.1, 0.15) is 13.8 Å².